The van der Waals surface area contributed by atoms with E-state index < -0.39 is 0 Å². The average Bonchev–Trinajstić information content (AvgIpc) is 3.16. The zero-order chi connectivity index (χ0) is 24.0. The predicted octanol–water partition coefficient (Wildman–Crippen LogP) is 5.04. The lowest BCUT2D eigenvalue weighted by molar-refractivity contribution is -0.122. The number of ether oxygens (including phenoxy) is 1. The summed E-state index contributed by atoms with van der Waals surface area (Å²) in [5, 5.41) is 3.30. The predicted molar refractivity (Wildman–Crippen MR) is 133 cm³/mol. The molecule has 1 N–H and O–H groups in total. The van der Waals surface area contributed by atoms with Crippen LogP contribution < -0.4 is 10.1 Å². The molecule has 2 aliphatic heterocycles. The first-order valence-electron chi connectivity index (χ1n) is 12.5. The normalized spacial score (nSPS) is 22.7. The van der Waals surface area contributed by atoms with Crippen molar-refractivity contribution in [3.63, 3.8) is 0 Å². The van der Waals surface area contributed by atoms with Gasteiger partial charge in [-0.15, -0.1) is 0 Å². The lowest BCUT2D eigenvalue weighted by atomic mass is 9.97. The molecule has 2 aromatic carbocycles. The summed E-state index contributed by atoms with van der Waals surface area (Å²) in [6.45, 7) is 1.21. The van der Waals surface area contributed by atoms with Crippen molar-refractivity contribution in [2.24, 2.45) is 0 Å². The minimum atomic E-state index is -0.217. The Kier molecular flexibility index (Phi) is 7.38. The van der Waals surface area contributed by atoms with Crippen molar-refractivity contribution in [1.29, 1.82) is 0 Å². The first-order valence-corrected chi connectivity index (χ1v) is 12.5. The second kappa shape index (κ2) is 11.0. The van der Waals surface area contributed by atoms with Crippen LogP contribution in [-0.2, 0) is 24.4 Å². The molecule has 2 aliphatic rings. The van der Waals surface area contributed by atoms with Gasteiger partial charge in [0.1, 0.15) is 18.2 Å². The Bertz CT molecular complexity index is 1120. The highest BCUT2D eigenvalue weighted by molar-refractivity contribution is 5.76. The number of rotatable bonds is 7. The van der Waals surface area contributed by atoms with Crippen LogP contribution in [0.25, 0.3) is 0 Å². The van der Waals surface area contributed by atoms with Gasteiger partial charge in [-0.2, -0.15) is 0 Å². The topological polar surface area (TPSA) is 54.5 Å². The Morgan fingerprint density at radius 1 is 1.03 bits per heavy atom. The molecular formula is C29H32FN3O2. The molecule has 0 radical (unpaired) electrons. The fraction of sp³-hybridized carbons (Fsp3) is 0.379. The van der Waals surface area contributed by atoms with Crippen LogP contribution in [0.3, 0.4) is 0 Å². The van der Waals surface area contributed by atoms with E-state index in [-0.39, 0.29) is 29.8 Å². The molecule has 5 nitrogen and oxygen atoms in total. The van der Waals surface area contributed by atoms with Crippen LogP contribution in [0.5, 0.6) is 5.75 Å². The summed E-state index contributed by atoms with van der Waals surface area (Å²) in [4.78, 5) is 19.2. The zero-order valence-corrected chi connectivity index (χ0v) is 19.9. The number of carbonyl (C=O) groups excluding carboxylic acids is 1. The molecule has 6 heteroatoms. The van der Waals surface area contributed by atoms with Crippen LogP contribution >= 0.6 is 0 Å². The highest BCUT2D eigenvalue weighted by Crippen LogP contribution is 2.35. The zero-order valence-electron chi connectivity index (χ0n) is 19.9. The Morgan fingerprint density at radius 3 is 2.71 bits per heavy atom. The van der Waals surface area contributed by atoms with Crippen molar-refractivity contribution in [2.45, 2.75) is 69.8 Å². The Labute approximate surface area is 206 Å². The van der Waals surface area contributed by atoms with Crippen molar-refractivity contribution < 1.29 is 13.9 Å². The van der Waals surface area contributed by atoms with Crippen LogP contribution in [0.2, 0.25) is 0 Å². The number of aromatic nitrogens is 1. The summed E-state index contributed by atoms with van der Waals surface area (Å²) in [6.07, 6.45) is 8.94. The first-order chi connectivity index (χ1) is 17.2. The van der Waals surface area contributed by atoms with Crippen LogP contribution in [-0.4, -0.2) is 33.9 Å². The van der Waals surface area contributed by atoms with Crippen LogP contribution in [0, 0.1) is 5.82 Å². The van der Waals surface area contributed by atoms with Gasteiger partial charge in [-0.05, 0) is 55.5 Å². The number of para-hydroxylation sites is 1. The van der Waals surface area contributed by atoms with Crippen molar-refractivity contribution in [3.05, 3.63) is 95.6 Å². The van der Waals surface area contributed by atoms with E-state index in [2.05, 4.69) is 27.3 Å². The van der Waals surface area contributed by atoms with Crippen LogP contribution in [0.1, 0.15) is 48.8 Å². The summed E-state index contributed by atoms with van der Waals surface area (Å²) >= 11 is 0. The SMILES string of the molecule is O=C1CCCC[C@H]2[C@@H](C[C@H](Cc3ccc(F)cc3)N2Cc2ccccc2OCc2cccnc2)N1. The smallest absolute Gasteiger partial charge is 0.220 e. The molecule has 2 saturated heterocycles. The van der Waals surface area contributed by atoms with Gasteiger partial charge in [0.2, 0.25) is 5.91 Å². The molecule has 35 heavy (non-hydrogen) atoms. The van der Waals surface area contributed by atoms with Gasteiger partial charge in [0.25, 0.3) is 0 Å². The van der Waals surface area contributed by atoms with Gasteiger partial charge in [-0.25, -0.2) is 4.39 Å². The highest BCUT2D eigenvalue weighted by Gasteiger charge is 2.42. The quantitative estimate of drug-likeness (QED) is 0.522. The molecule has 0 saturated carbocycles. The maximum atomic E-state index is 13.5. The molecule has 3 heterocycles. The van der Waals surface area contributed by atoms with Gasteiger partial charge in [-0.1, -0.05) is 42.8 Å². The number of benzene rings is 2. The third-order valence-electron chi connectivity index (χ3n) is 7.21. The van der Waals surface area contributed by atoms with Gasteiger partial charge in [0.15, 0.2) is 0 Å². The summed E-state index contributed by atoms with van der Waals surface area (Å²) in [5.74, 6) is 0.808. The molecule has 0 spiro atoms. The molecule has 1 aromatic heterocycles. The summed E-state index contributed by atoms with van der Waals surface area (Å²) in [7, 11) is 0. The van der Waals surface area contributed by atoms with E-state index in [1.807, 2.05) is 42.6 Å². The Morgan fingerprint density at radius 2 is 1.89 bits per heavy atom. The minimum absolute atomic E-state index is 0.136. The minimum Gasteiger partial charge on any atom is -0.489 e. The van der Waals surface area contributed by atoms with Gasteiger partial charge < -0.3 is 10.1 Å². The Hall–Kier alpha value is -3.25. The molecule has 3 atom stereocenters. The second-order valence-corrected chi connectivity index (χ2v) is 9.64. The van der Waals surface area contributed by atoms with Gasteiger partial charge >= 0.3 is 0 Å². The number of nitrogens with one attached hydrogen (secondary N) is 1. The standard InChI is InChI=1S/C29H32FN3O2/c30-24-13-11-21(12-14-24)16-25-17-26-27(8-2-4-10-29(34)32-26)33(25)19-23-7-1-3-9-28(23)35-20-22-6-5-15-31-18-22/h1,3,5-7,9,11-15,18,25-27H,2,4,8,10,16-17,19-20H2,(H,32,34)/t25-,26+,27-/m0/s1. The number of fused-ring (bicyclic) bond motifs is 1. The fourth-order valence-electron chi connectivity index (χ4n) is 5.48. The highest BCUT2D eigenvalue weighted by atomic mass is 19.1. The van der Waals surface area contributed by atoms with Crippen molar-refractivity contribution in [3.8, 4) is 5.75 Å². The average molecular weight is 474 g/mol. The number of carbonyl (C=O) groups is 1. The molecule has 1 amide bonds. The molecule has 182 valence electrons. The number of hydrogen-bond donors (Lipinski definition) is 1. The van der Waals surface area contributed by atoms with E-state index >= 15 is 0 Å². The number of nitrogens with zero attached hydrogens (tertiary/aromatic N) is 2. The number of halogens is 1. The van der Waals surface area contributed by atoms with Gasteiger partial charge in [-0.3, -0.25) is 14.7 Å². The molecule has 0 aliphatic carbocycles. The van der Waals surface area contributed by atoms with Crippen molar-refractivity contribution >= 4 is 5.91 Å². The monoisotopic (exact) mass is 473 g/mol. The molecule has 5 rings (SSSR count). The van der Waals surface area contributed by atoms with E-state index in [0.717, 1.165) is 61.1 Å². The lowest BCUT2D eigenvalue weighted by Gasteiger charge is -2.33. The number of pyridine rings is 1. The molecule has 3 aromatic rings. The number of amides is 1. The van der Waals surface area contributed by atoms with Gasteiger partial charge in [0.05, 0.1) is 0 Å². The van der Waals surface area contributed by atoms with Crippen LogP contribution in [0.4, 0.5) is 4.39 Å². The van der Waals surface area contributed by atoms with Crippen LogP contribution in [0.15, 0.2) is 73.1 Å². The van der Waals surface area contributed by atoms with E-state index in [4.69, 9.17) is 4.74 Å². The largest absolute Gasteiger partial charge is 0.489 e. The molecule has 2 fully saturated rings. The third kappa shape index (κ3) is 5.88. The van der Waals surface area contributed by atoms with Crippen molar-refractivity contribution in [1.82, 2.24) is 15.2 Å². The first kappa shape index (κ1) is 23.5. The third-order valence-corrected chi connectivity index (χ3v) is 7.21. The maximum Gasteiger partial charge on any atom is 0.220 e. The van der Waals surface area contributed by atoms with E-state index in [1.165, 1.54) is 12.1 Å². The molecule has 0 bridgehead atoms. The number of likely N-dealkylation sites (tertiary alicyclic amines) is 1. The van der Waals surface area contributed by atoms with E-state index in [0.29, 0.717) is 13.0 Å². The van der Waals surface area contributed by atoms with E-state index in [9.17, 15) is 9.18 Å². The molecule has 0 unspecified atom stereocenters. The molecular weight excluding hydrogens is 441 g/mol. The number of hydrogen-bond acceptors (Lipinski definition) is 4. The summed E-state index contributed by atoms with van der Waals surface area (Å²) in [5.41, 5.74) is 3.28. The summed E-state index contributed by atoms with van der Waals surface area (Å²) in [6, 6.07) is 19.6. The summed E-state index contributed by atoms with van der Waals surface area (Å²) < 4.78 is 19.7. The Balaban J connectivity index is 1.38. The van der Waals surface area contributed by atoms with Crippen molar-refractivity contribution in [2.75, 3.05) is 0 Å². The maximum absolute atomic E-state index is 13.5. The van der Waals surface area contributed by atoms with E-state index in [1.54, 1.807) is 6.20 Å². The van der Waals surface area contributed by atoms with Gasteiger partial charge in [0, 0.05) is 54.6 Å². The fourth-order valence-corrected chi connectivity index (χ4v) is 5.48. The second-order valence-electron chi connectivity index (χ2n) is 9.64. The lowest BCUT2D eigenvalue weighted by Crippen LogP contribution is -2.46.